The van der Waals surface area contributed by atoms with Crippen molar-refractivity contribution in [2.45, 2.75) is 0 Å². The summed E-state index contributed by atoms with van der Waals surface area (Å²) in [4.78, 5) is 14.9. The third-order valence-electron chi connectivity index (χ3n) is 9.16. The summed E-state index contributed by atoms with van der Waals surface area (Å²) in [5.74, 6) is 19.6. The fourth-order valence-electron chi connectivity index (χ4n) is 6.49. The molecule has 0 radical (unpaired) electrons. The molecule has 0 N–H and O–H groups in total. The molecule has 1 aliphatic rings. The van der Waals surface area contributed by atoms with Crippen LogP contribution < -0.4 is 0 Å². The third kappa shape index (κ3) is 7.52. The average Bonchev–Trinajstić information content (AvgIpc) is 3.55. The van der Waals surface area contributed by atoms with Crippen LogP contribution >= 0.6 is 0 Å². The van der Waals surface area contributed by atoms with Crippen molar-refractivity contribution in [3.63, 3.8) is 0 Å². The fourth-order valence-corrected chi connectivity index (χ4v) is 6.49. The van der Waals surface area contributed by atoms with Crippen LogP contribution in [0.15, 0.2) is 194 Å². The molecule has 0 atom stereocenters. The largest absolute Gasteiger partial charge is 0.289 e. The van der Waals surface area contributed by atoms with Gasteiger partial charge in [-0.2, -0.15) is 0 Å². The van der Waals surface area contributed by atoms with Crippen molar-refractivity contribution >= 4 is 28.1 Å². The molecular weight excluding hydrogens is 653 g/mol. The lowest BCUT2D eigenvalue weighted by Crippen LogP contribution is -2.02. The Labute approximate surface area is 317 Å². The van der Waals surface area contributed by atoms with Crippen LogP contribution in [0.2, 0.25) is 0 Å². The molecule has 250 valence electrons. The molecule has 0 fully saturated rings. The number of carbonyl (C=O) groups excluding carboxylic acids is 1. The number of benzene rings is 7. The van der Waals surface area contributed by atoms with Crippen molar-refractivity contribution in [2.75, 3.05) is 0 Å². The summed E-state index contributed by atoms with van der Waals surface area (Å²) < 4.78 is 0. The Kier molecular flexibility index (Phi) is 9.76. The van der Waals surface area contributed by atoms with Gasteiger partial charge in [0.1, 0.15) is 0 Å². The van der Waals surface area contributed by atoms with Crippen LogP contribution in [0, 0.1) is 35.5 Å². The molecule has 8 rings (SSSR count). The van der Waals surface area contributed by atoms with Gasteiger partial charge in [-0.1, -0.05) is 157 Å². The summed E-state index contributed by atoms with van der Waals surface area (Å²) in [5.41, 5.74) is 12.2. The predicted octanol–water partition coefficient (Wildman–Crippen LogP) is 11.0. The van der Waals surface area contributed by atoms with E-state index in [1.807, 2.05) is 170 Å². The summed E-state index contributed by atoms with van der Waals surface area (Å²) in [6, 6.07) is 64.3. The lowest BCUT2D eigenvalue weighted by molar-refractivity contribution is -0.108. The molecule has 0 amide bonds. The van der Waals surface area contributed by atoms with Crippen LogP contribution in [0.4, 0.5) is 0 Å². The van der Waals surface area contributed by atoms with E-state index < -0.39 is 0 Å². The van der Waals surface area contributed by atoms with Gasteiger partial charge in [0.25, 0.3) is 0 Å². The molecule has 0 bridgehead atoms. The topological polar surface area (TPSA) is 17.1 Å². The molecule has 0 aliphatic heterocycles. The highest BCUT2D eigenvalue weighted by Crippen LogP contribution is 2.49. The first-order valence-electron chi connectivity index (χ1n) is 17.8. The molecule has 1 heteroatoms. The van der Waals surface area contributed by atoms with E-state index in [-0.39, 0.29) is 5.78 Å². The van der Waals surface area contributed by atoms with E-state index in [4.69, 9.17) is 0 Å². The summed E-state index contributed by atoms with van der Waals surface area (Å²) in [7, 11) is 0. The number of allylic oxidation sites excluding steroid dienone is 4. The first kappa shape index (κ1) is 33.5. The molecule has 1 nitrogen and oxygen atoms in total. The maximum atomic E-state index is 14.9. The van der Waals surface area contributed by atoms with Gasteiger partial charge in [-0.3, -0.25) is 4.79 Å². The molecule has 7 aromatic rings. The summed E-state index contributed by atoms with van der Waals surface area (Å²) in [6.45, 7) is 0. The number of hydrogen-bond acceptors (Lipinski definition) is 1. The Balaban J connectivity index is 1.26. The number of Topliss-reactive ketones (excluding diaryl/α,β-unsaturated/α-hetero) is 1. The number of rotatable bonds is 4. The van der Waals surface area contributed by atoms with Crippen molar-refractivity contribution in [2.24, 2.45) is 0 Å². The molecule has 0 saturated carbocycles. The monoisotopic (exact) mass is 684 g/mol. The van der Waals surface area contributed by atoms with Gasteiger partial charge < -0.3 is 0 Å². The Hall–Kier alpha value is -7.63. The molecule has 0 saturated heterocycles. The number of hydrogen-bond donors (Lipinski definition) is 0. The van der Waals surface area contributed by atoms with E-state index in [2.05, 4.69) is 59.8 Å². The standard InChI is InChI=1S/C53H32O/c54-53-51(45-19-11-4-12-20-45)49(46-33-27-42(28-34-46)24-21-39-13-5-1-6-14-39)50(47-35-29-43(30-36-47)25-22-40-15-7-2-8-16-40)52(53)48-37-31-44(32-38-48)26-23-41-17-9-3-10-18-41/h1-20,27-38H. The Morgan fingerprint density at radius 3 is 0.741 bits per heavy atom. The minimum atomic E-state index is -0.0183. The van der Waals surface area contributed by atoms with Crippen molar-refractivity contribution in [1.82, 2.24) is 0 Å². The van der Waals surface area contributed by atoms with Gasteiger partial charge in [-0.15, -0.1) is 0 Å². The Morgan fingerprint density at radius 2 is 0.444 bits per heavy atom. The van der Waals surface area contributed by atoms with Crippen molar-refractivity contribution in [3.8, 4) is 35.5 Å². The first-order chi connectivity index (χ1) is 26.7. The summed E-state index contributed by atoms with van der Waals surface area (Å²) >= 11 is 0. The SMILES string of the molecule is O=C1C(c2ccccc2)=C(c2ccc(C#Cc3ccccc3)cc2)C(c2ccc(C#Cc3ccccc3)cc2)=C1c1ccc(C#Cc2ccccc2)cc1. The van der Waals surface area contributed by atoms with Crippen molar-refractivity contribution in [1.29, 1.82) is 0 Å². The quantitative estimate of drug-likeness (QED) is 0.169. The highest BCUT2D eigenvalue weighted by atomic mass is 16.1. The van der Waals surface area contributed by atoms with E-state index in [1.54, 1.807) is 0 Å². The molecule has 0 spiro atoms. The predicted molar refractivity (Wildman–Crippen MR) is 222 cm³/mol. The van der Waals surface area contributed by atoms with Crippen LogP contribution in [-0.4, -0.2) is 5.78 Å². The molecule has 7 aromatic carbocycles. The average molecular weight is 685 g/mol. The van der Waals surface area contributed by atoms with Crippen LogP contribution in [0.5, 0.6) is 0 Å². The van der Waals surface area contributed by atoms with Gasteiger partial charge in [-0.05, 0) is 95.1 Å². The zero-order valence-corrected chi connectivity index (χ0v) is 29.4. The van der Waals surface area contributed by atoms with Gasteiger partial charge >= 0.3 is 0 Å². The summed E-state index contributed by atoms with van der Waals surface area (Å²) in [5, 5.41) is 0. The second-order valence-electron chi connectivity index (χ2n) is 12.8. The van der Waals surface area contributed by atoms with E-state index in [1.165, 1.54) is 0 Å². The maximum Gasteiger partial charge on any atom is 0.195 e. The number of carbonyl (C=O) groups is 1. The Bertz CT molecular complexity index is 2700. The van der Waals surface area contributed by atoms with Crippen LogP contribution in [0.3, 0.4) is 0 Å². The molecule has 54 heavy (non-hydrogen) atoms. The van der Waals surface area contributed by atoms with E-state index in [9.17, 15) is 4.79 Å². The normalized spacial score (nSPS) is 11.9. The van der Waals surface area contributed by atoms with Crippen molar-refractivity contribution in [3.05, 3.63) is 250 Å². The second kappa shape index (κ2) is 15.7. The highest BCUT2D eigenvalue weighted by Gasteiger charge is 2.35. The summed E-state index contributed by atoms with van der Waals surface area (Å²) in [6.07, 6.45) is 0. The zero-order valence-electron chi connectivity index (χ0n) is 29.4. The minimum Gasteiger partial charge on any atom is -0.289 e. The molecule has 0 aromatic heterocycles. The Morgan fingerprint density at radius 1 is 0.222 bits per heavy atom. The van der Waals surface area contributed by atoms with Crippen molar-refractivity contribution < 1.29 is 4.79 Å². The van der Waals surface area contributed by atoms with Crippen LogP contribution in [-0.2, 0) is 4.79 Å². The smallest absolute Gasteiger partial charge is 0.195 e. The van der Waals surface area contributed by atoms with E-state index >= 15 is 0 Å². The zero-order chi connectivity index (χ0) is 36.5. The molecular formula is C53H32O. The van der Waals surface area contributed by atoms with Gasteiger partial charge in [0.2, 0.25) is 0 Å². The molecule has 0 heterocycles. The lowest BCUT2D eigenvalue weighted by atomic mass is 9.88. The number of ketones is 1. The fraction of sp³-hybridized carbons (Fsp3) is 0. The van der Waals surface area contributed by atoms with Gasteiger partial charge in [0.15, 0.2) is 5.78 Å². The van der Waals surface area contributed by atoms with Crippen LogP contribution in [0.25, 0.3) is 22.3 Å². The van der Waals surface area contributed by atoms with Gasteiger partial charge in [0, 0.05) is 55.7 Å². The van der Waals surface area contributed by atoms with E-state index in [0.717, 1.165) is 66.8 Å². The molecule has 0 unspecified atom stereocenters. The molecule has 1 aliphatic carbocycles. The minimum absolute atomic E-state index is 0.0183. The van der Waals surface area contributed by atoms with Crippen LogP contribution in [0.1, 0.15) is 55.6 Å². The second-order valence-corrected chi connectivity index (χ2v) is 12.8. The van der Waals surface area contributed by atoms with Gasteiger partial charge in [0.05, 0.1) is 0 Å². The first-order valence-corrected chi connectivity index (χ1v) is 17.8. The van der Waals surface area contributed by atoms with Gasteiger partial charge in [-0.25, -0.2) is 0 Å². The highest BCUT2D eigenvalue weighted by molar-refractivity contribution is 6.59. The maximum absolute atomic E-state index is 14.9. The van der Waals surface area contributed by atoms with E-state index in [0.29, 0.717) is 11.1 Å². The third-order valence-corrected chi connectivity index (χ3v) is 9.16. The lowest BCUT2D eigenvalue weighted by Gasteiger charge is -2.14.